The Morgan fingerprint density at radius 3 is 2.53 bits per heavy atom. The molecule has 0 saturated carbocycles. The highest BCUT2D eigenvalue weighted by Gasteiger charge is 2.31. The summed E-state index contributed by atoms with van der Waals surface area (Å²) in [7, 11) is 0. The van der Waals surface area contributed by atoms with E-state index in [-0.39, 0.29) is 17.0 Å². The Balaban J connectivity index is 2.31. The fourth-order valence-corrected chi connectivity index (χ4v) is 4.00. The van der Waals surface area contributed by atoms with Gasteiger partial charge in [0.1, 0.15) is 0 Å². The molecule has 3 aromatic rings. The summed E-state index contributed by atoms with van der Waals surface area (Å²) in [6.07, 6.45) is 1.15. The van der Waals surface area contributed by atoms with Crippen LogP contribution in [0.1, 0.15) is 54.2 Å². The maximum Gasteiger partial charge on any atom is 0.311 e. The number of nitrogens with zero attached hydrogens (tertiary/aromatic N) is 1. The number of aromatic nitrogens is 1. The van der Waals surface area contributed by atoms with Crippen molar-refractivity contribution in [3.05, 3.63) is 64.1 Å². The van der Waals surface area contributed by atoms with E-state index in [2.05, 4.69) is 0 Å². The van der Waals surface area contributed by atoms with Crippen LogP contribution in [0.4, 0.5) is 4.39 Å². The zero-order chi connectivity index (χ0) is 22.2. The molecule has 158 valence electrons. The minimum absolute atomic E-state index is 0.126. The average molecular weight is 432 g/mol. The van der Waals surface area contributed by atoms with Crippen LogP contribution in [0.15, 0.2) is 36.4 Å². The number of carbonyl (C=O) groups is 2. The topological polar surface area (TPSA) is 79.5 Å². The lowest BCUT2D eigenvalue weighted by molar-refractivity contribution is -0.139. The largest absolute Gasteiger partial charge is 0.505 e. The zero-order valence-corrected chi connectivity index (χ0v) is 17.7. The number of phenolic OH excluding ortho intramolecular Hbond substituents is 1. The number of hydrogen-bond acceptors (Lipinski definition) is 3. The quantitative estimate of drug-likeness (QED) is 0.521. The summed E-state index contributed by atoms with van der Waals surface area (Å²) in [6, 6.07) is 8.61. The Kier molecular flexibility index (Phi) is 6.17. The molecule has 0 aliphatic rings. The molecule has 0 amide bonds. The van der Waals surface area contributed by atoms with Crippen LogP contribution < -0.4 is 0 Å². The molecule has 1 heterocycles. The zero-order valence-electron chi connectivity index (χ0n) is 16.9. The van der Waals surface area contributed by atoms with Gasteiger partial charge >= 0.3 is 5.97 Å². The van der Waals surface area contributed by atoms with Gasteiger partial charge in [0, 0.05) is 27.7 Å². The van der Waals surface area contributed by atoms with Crippen LogP contribution in [-0.4, -0.2) is 26.7 Å². The molecule has 2 N–H and O–H groups in total. The van der Waals surface area contributed by atoms with Crippen LogP contribution in [0, 0.1) is 18.7 Å². The second-order valence-electron chi connectivity index (χ2n) is 7.61. The first kappa shape index (κ1) is 21.8. The standard InChI is InChI=1S/C23H23ClFNO4/c1-4-12(2)8-17(23(29)30)21-13(3)26(19-11-18(25)20(27)10-16(19)21)22(28)14-6-5-7-15(24)9-14/h5-7,9-12,17,27H,4,8H2,1-3H3,(H,29,30)/t12?,17-/m0/s1. The molecule has 0 spiro atoms. The summed E-state index contributed by atoms with van der Waals surface area (Å²) in [6.45, 7) is 5.57. The molecule has 30 heavy (non-hydrogen) atoms. The van der Waals surface area contributed by atoms with E-state index in [0.717, 1.165) is 12.5 Å². The summed E-state index contributed by atoms with van der Waals surface area (Å²) in [5, 5.41) is 20.6. The van der Waals surface area contributed by atoms with Gasteiger partial charge in [-0.15, -0.1) is 0 Å². The summed E-state index contributed by atoms with van der Waals surface area (Å²) in [5.41, 5.74) is 1.30. The summed E-state index contributed by atoms with van der Waals surface area (Å²) in [4.78, 5) is 25.4. The maximum atomic E-state index is 14.2. The minimum Gasteiger partial charge on any atom is -0.505 e. The van der Waals surface area contributed by atoms with Crippen molar-refractivity contribution in [1.82, 2.24) is 4.57 Å². The first-order valence-corrected chi connectivity index (χ1v) is 10.1. The molecule has 0 aliphatic heterocycles. The van der Waals surface area contributed by atoms with E-state index in [1.807, 2.05) is 13.8 Å². The van der Waals surface area contributed by atoms with Crippen molar-refractivity contribution in [3.8, 4) is 5.75 Å². The average Bonchev–Trinajstić information content (AvgIpc) is 2.96. The molecular weight excluding hydrogens is 409 g/mol. The molecule has 3 rings (SSSR count). The molecule has 7 heteroatoms. The molecule has 1 aromatic heterocycles. The van der Waals surface area contributed by atoms with E-state index in [1.165, 1.54) is 16.7 Å². The molecule has 2 aromatic carbocycles. The summed E-state index contributed by atoms with van der Waals surface area (Å²) in [5.74, 6) is -3.74. The van der Waals surface area contributed by atoms with E-state index in [4.69, 9.17) is 11.6 Å². The van der Waals surface area contributed by atoms with Gasteiger partial charge in [0.2, 0.25) is 0 Å². The lowest BCUT2D eigenvalue weighted by Gasteiger charge is -2.17. The highest BCUT2D eigenvalue weighted by atomic mass is 35.5. The summed E-state index contributed by atoms with van der Waals surface area (Å²) < 4.78 is 15.5. The van der Waals surface area contributed by atoms with E-state index in [9.17, 15) is 24.2 Å². The lowest BCUT2D eigenvalue weighted by atomic mass is 9.87. The van der Waals surface area contributed by atoms with Crippen molar-refractivity contribution >= 4 is 34.4 Å². The molecule has 0 aliphatic carbocycles. The van der Waals surface area contributed by atoms with Gasteiger partial charge in [-0.2, -0.15) is 0 Å². The predicted molar refractivity (Wildman–Crippen MR) is 114 cm³/mol. The van der Waals surface area contributed by atoms with Crippen molar-refractivity contribution in [1.29, 1.82) is 0 Å². The van der Waals surface area contributed by atoms with Gasteiger partial charge in [0.05, 0.1) is 11.4 Å². The van der Waals surface area contributed by atoms with E-state index in [1.54, 1.807) is 25.1 Å². The van der Waals surface area contributed by atoms with Gasteiger partial charge in [0.15, 0.2) is 11.6 Å². The summed E-state index contributed by atoms with van der Waals surface area (Å²) >= 11 is 6.02. The molecular formula is C23H23ClFNO4. The number of carboxylic acids is 1. The molecule has 5 nitrogen and oxygen atoms in total. The predicted octanol–water partition coefficient (Wildman–Crippen LogP) is 5.74. The number of benzene rings is 2. The van der Waals surface area contributed by atoms with Gasteiger partial charge in [-0.25, -0.2) is 4.39 Å². The Labute approximate surface area is 178 Å². The maximum absolute atomic E-state index is 14.2. The van der Waals surface area contributed by atoms with Gasteiger partial charge in [0.25, 0.3) is 5.91 Å². The molecule has 0 bridgehead atoms. The Bertz CT molecular complexity index is 1140. The van der Waals surface area contributed by atoms with Gasteiger partial charge in [-0.1, -0.05) is 37.9 Å². The number of aromatic hydroxyl groups is 1. The highest BCUT2D eigenvalue weighted by Crippen LogP contribution is 2.38. The Hall–Kier alpha value is -2.86. The van der Waals surface area contributed by atoms with E-state index in [0.29, 0.717) is 28.1 Å². The normalized spacial score (nSPS) is 13.4. The van der Waals surface area contributed by atoms with Crippen molar-refractivity contribution < 1.29 is 24.2 Å². The van der Waals surface area contributed by atoms with Crippen molar-refractivity contribution in [2.24, 2.45) is 5.92 Å². The van der Waals surface area contributed by atoms with E-state index >= 15 is 0 Å². The number of hydrogen-bond donors (Lipinski definition) is 2. The number of carbonyl (C=O) groups excluding carboxylic acids is 1. The number of rotatable bonds is 6. The Morgan fingerprint density at radius 2 is 1.93 bits per heavy atom. The minimum atomic E-state index is -1.03. The second kappa shape index (κ2) is 8.48. The van der Waals surface area contributed by atoms with Crippen molar-refractivity contribution in [2.75, 3.05) is 0 Å². The van der Waals surface area contributed by atoms with Crippen LogP contribution >= 0.6 is 11.6 Å². The SMILES string of the molecule is CCC(C)C[C@H](C(=O)O)c1c(C)n(C(=O)c2cccc(Cl)c2)c2cc(F)c(O)cc12. The van der Waals surface area contributed by atoms with Gasteiger partial charge in [-0.05, 0) is 49.1 Å². The molecule has 0 saturated heterocycles. The number of phenols is 1. The second-order valence-corrected chi connectivity index (χ2v) is 8.05. The Morgan fingerprint density at radius 1 is 1.23 bits per heavy atom. The van der Waals surface area contributed by atoms with Crippen LogP contribution in [0.3, 0.4) is 0 Å². The number of aliphatic carboxylic acids is 1. The molecule has 2 atom stereocenters. The van der Waals surface area contributed by atoms with Crippen LogP contribution in [-0.2, 0) is 4.79 Å². The fourth-order valence-electron chi connectivity index (χ4n) is 3.81. The van der Waals surface area contributed by atoms with E-state index < -0.39 is 29.4 Å². The van der Waals surface area contributed by atoms with Crippen LogP contribution in [0.2, 0.25) is 5.02 Å². The smallest absolute Gasteiger partial charge is 0.311 e. The lowest BCUT2D eigenvalue weighted by Crippen LogP contribution is -2.18. The number of halogens is 2. The van der Waals surface area contributed by atoms with Crippen molar-refractivity contribution in [2.45, 2.75) is 39.5 Å². The van der Waals surface area contributed by atoms with Crippen molar-refractivity contribution in [3.63, 3.8) is 0 Å². The van der Waals surface area contributed by atoms with Gasteiger partial charge in [-0.3, -0.25) is 14.2 Å². The highest BCUT2D eigenvalue weighted by molar-refractivity contribution is 6.31. The monoisotopic (exact) mass is 431 g/mol. The first-order valence-electron chi connectivity index (χ1n) is 9.72. The first-order chi connectivity index (χ1) is 14.1. The molecule has 0 radical (unpaired) electrons. The van der Waals surface area contributed by atoms with Crippen LogP contribution in [0.5, 0.6) is 5.75 Å². The molecule has 0 fully saturated rings. The van der Waals surface area contributed by atoms with Gasteiger partial charge < -0.3 is 10.2 Å². The fraction of sp³-hybridized carbons (Fsp3) is 0.304. The third-order valence-corrected chi connectivity index (χ3v) is 5.81. The number of carboxylic acid groups (broad SMARTS) is 1. The van der Waals surface area contributed by atoms with Crippen LogP contribution in [0.25, 0.3) is 10.9 Å². The molecule has 1 unspecified atom stereocenters. The third kappa shape index (κ3) is 3.92. The third-order valence-electron chi connectivity index (χ3n) is 5.58. The number of fused-ring (bicyclic) bond motifs is 1.